The molecule has 1 N–H and O–H groups in total. The van der Waals surface area contributed by atoms with Gasteiger partial charge in [-0.25, -0.2) is 4.98 Å². The topological polar surface area (TPSA) is 46.6 Å². The highest BCUT2D eigenvalue weighted by Gasteiger charge is 2.11. The number of rotatable bonds is 6. The highest BCUT2D eigenvalue weighted by atomic mass is 16.6. The largest absolute Gasteiger partial charge is 0.486 e. The van der Waals surface area contributed by atoms with Gasteiger partial charge in [0.2, 0.25) is 0 Å². The van der Waals surface area contributed by atoms with E-state index in [2.05, 4.69) is 54.3 Å². The van der Waals surface area contributed by atoms with Gasteiger partial charge in [-0.2, -0.15) is 0 Å². The van der Waals surface area contributed by atoms with Crippen molar-refractivity contribution in [2.45, 2.75) is 33.0 Å². The molecule has 0 aliphatic carbocycles. The summed E-state index contributed by atoms with van der Waals surface area (Å²) in [4.78, 5) is 6.69. The fraction of sp³-hybridized carbons (Fsp3) is 0.421. The van der Waals surface area contributed by atoms with Crippen LogP contribution in [0.1, 0.15) is 25.0 Å². The standard InChI is InChI=1S/C19H25N3O2/c1-14(2)22(3)19-7-5-16(13-21-19)12-20-11-15-4-6-17-18(10-15)24-9-8-23-17/h4-7,10,13-14,20H,8-9,11-12H2,1-3H3. The first-order chi connectivity index (χ1) is 11.6. The van der Waals surface area contributed by atoms with Crippen LogP contribution in [0, 0.1) is 0 Å². The molecule has 0 bridgehead atoms. The fourth-order valence-corrected chi connectivity index (χ4v) is 2.54. The van der Waals surface area contributed by atoms with Gasteiger partial charge in [0.05, 0.1) is 0 Å². The predicted octanol–water partition coefficient (Wildman–Crippen LogP) is 2.99. The molecule has 1 aromatic carbocycles. The molecular weight excluding hydrogens is 302 g/mol. The smallest absolute Gasteiger partial charge is 0.161 e. The molecular formula is C19H25N3O2. The molecule has 24 heavy (non-hydrogen) atoms. The molecule has 1 aromatic heterocycles. The zero-order valence-corrected chi connectivity index (χ0v) is 14.6. The summed E-state index contributed by atoms with van der Waals surface area (Å²) in [5.41, 5.74) is 2.36. The minimum atomic E-state index is 0.441. The Kier molecular flexibility index (Phi) is 5.20. The molecule has 0 saturated carbocycles. The van der Waals surface area contributed by atoms with Crippen molar-refractivity contribution in [3.8, 4) is 11.5 Å². The van der Waals surface area contributed by atoms with Crippen LogP contribution >= 0.6 is 0 Å². The second kappa shape index (κ2) is 7.53. The van der Waals surface area contributed by atoms with Gasteiger partial charge in [0.15, 0.2) is 11.5 Å². The first-order valence-electron chi connectivity index (χ1n) is 8.40. The summed E-state index contributed by atoms with van der Waals surface area (Å²) in [5.74, 6) is 2.67. The molecule has 0 saturated heterocycles. The highest BCUT2D eigenvalue weighted by molar-refractivity contribution is 5.44. The van der Waals surface area contributed by atoms with Crippen molar-refractivity contribution in [1.29, 1.82) is 0 Å². The van der Waals surface area contributed by atoms with Crippen molar-refractivity contribution >= 4 is 5.82 Å². The molecule has 0 atom stereocenters. The van der Waals surface area contributed by atoms with Crippen LogP contribution < -0.4 is 19.7 Å². The lowest BCUT2D eigenvalue weighted by atomic mass is 10.2. The van der Waals surface area contributed by atoms with Crippen molar-refractivity contribution in [3.63, 3.8) is 0 Å². The van der Waals surface area contributed by atoms with Crippen molar-refractivity contribution in [3.05, 3.63) is 47.7 Å². The summed E-state index contributed by atoms with van der Waals surface area (Å²) in [6.07, 6.45) is 1.94. The SMILES string of the molecule is CC(C)N(C)c1ccc(CNCc2ccc3c(c2)OCCO3)cn1. The minimum Gasteiger partial charge on any atom is -0.486 e. The number of nitrogens with zero attached hydrogens (tertiary/aromatic N) is 2. The van der Waals surface area contributed by atoms with E-state index in [-0.39, 0.29) is 0 Å². The first-order valence-corrected chi connectivity index (χ1v) is 8.40. The average molecular weight is 327 g/mol. The molecule has 128 valence electrons. The molecule has 3 rings (SSSR count). The maximum absolute atomic E-state index is 5.62. The Labute approximate surface area is 143 Å². The van der Waals surface area contributed by atoms with Crippen LogP contribution in [0.15, 0.2) is 36.5 Å². The van der Waals surface area contributed by atoms with Crippen LogP contribution in [0.4, 0.5) is 5.82 Å². The Morgan fingerprint density at radius 1 is 1.04 bits per heavy atom. The zero-order chi connectivity index (χ0) is 16.9. The third-order valence-electron chi connectivity index (χ3n) is 4.21. The number of hydrogen-bond acceptors (Lipinski definition) is 5. The third-order valence-corrected chi connectivity index (χ3v) is 4.21. The Hall–Kier alpha value is -2.27. The van der Waals surface area contributed by atoms with E-state index in [1.807, 2.05) is 18.3 Å². The molecule has 2 heterocycles. The second-order valence-electron chi connectivity index (χ2n) is 6.31. The van der Waals surface area contributed by atoms with Crippen molar-refractivity contribution in [1.82, 2.24) is 10.3 Å². The molecule has 2 aromatic rings. The van der Waals surface area contributed by atoms with Gasteiger partial charge in [0, 0.05) is 32.4 Å². The van der Waals surface area contributed by atoms with Crippen molar-refractivity contribution in [2.75, 3.05) is 25.2 Å². The lowest BCUT2D eigenvalue weighted by molar-refractivity contribution is 0.171. The van der Waals surface area contributed by atoms with E-state index in [1.54, 1.807) is 0 Å². The molecule has 0 spiro atoms. The summed E-state index contributed by atoms with van der Waals surface area (Å²) >= 11 is 0. The van der Waals surface area contributed by atoms with Crippen LogP contribution in [0.2, 0.25) is 0 Å². The van der Waals surface area contributed by atoms with E-state index in [1.165, 1.54) is 11.1 Å². The van der Waals surface area contributed by atoms with Crippen LogP contribution in [0.5, 0.6) is 11.5 Å². The number of fused-ring (bicyclic) bond motifs is 1. The first kappa shape index (κ1) is 16.6. The number of ether oxygens (including phenoxy) is 2. The van der Waals surface area contributed by atoms with Gasteiger partial charge in [-0.05, 0) is 43.2 Å². The molecule has 1 aliphatic heterocycles. The van der Waals surface area contributed by atoms with Crippen LogP contribution in [-0.2, 0) is 13.1 Å². The van der Waals surface area contributed by atoms with E-state index in [4.69, 9.17) is 9.47 Å². The van der Waals surface area contributed by atoms with E-state index in [0.717, 1.165) is 30.4 Å². The second-order valence-corrected chi connectivity index (χ2v) is 6.31. The predicted molar refractivity (Wildman–Crippen MR) is 95.8 cm³/mol. The fourth-order valence-electron chi connectivity index (χ4n) is 2.54. The number of hydrogen-bond donors (Lipinski definition) is 1. The number of benzene rings is 1. The Balaban J connectivity index is 1.53. The lowest BCUT2D eigenvalue weighted by Crippen LogP contribution is -2.26. The van der Waals surface area contributed by atoms with E-state index in [9.17, 15) is 0 Å². The Bertz CT molecular complexity index is 671. The maximum Gasteiger partial charge on any atom is 0.161 e. The molecule has 0 radical (unpaired) electrons. The minimum absolute atomic E-state index is 0.441. The Morgan fingerprint density at radius 3 is 2.46 bits per heavy atom. The van der Waals surface area contributed by atoms with E-state index >= 15 is 0 Å². The number of nitrogens with one attached hydrogen (secondary N) is 1. The molecule has 0 unspecified atom stereocenters. The van der Waals surface area contributed by atoms with Gasteiger partial charge in [-0.3, -0.25) is 0 Å². The third kappa shape index (κ3) is 3.97. The van der Waals surface area contributed by atoms with E-state index in [0.29, 0.717) is 19.3 Å². The van der Waals surface area contributed by atoms with Crippen LogP contribution in [0.3, 0.4) is 0 Å². The lowest BCUT2D eigenvalue weighted by Gasteiger charge is -2.22. The van der Waals surface area contributed by atoms with Crippen molar-refractivity contribution < 1.29 is 9.47 Å². The summed E-state index contributed by atoms with van der Waals surface area (Å²) < 4.78 is 11.2. The van der Waals surface area contributed by atoms with Gasteiger partial charge in [-0.15, -0.1) is 0 Å². The number of anilines is 1. The van der Waals surface area contributed by atoms with Crippen LogP contribution in [-0.4, -0.2) is 31.3 Å². The summed E-state index contributed by atoms with van der Waals surface area (Å²) in [7, 11) is 2.06. The van der Waals surface area contributed by atoms with Gasteiger partial charge >= 0.3 is 0 Å². The van der Waals surface area contributed by atoms with Crippen molar-refractivity contribution in [2.24, 2.45) is 0 Å². The monoisotopic (exact) mass is 327 g/mol. The quantitative estimate of drug-likeness (QED) is 0.884. The van der Waals surface area contributed by atoms with Gasteiger partial charge in [0.25, 0.3) is 0 Å². The van der Waals surface area contributed by atoms with Gasteiger partial charge in [0.1, 0.15) is 19.0 Å². The molecule has 0 amide bonds. The Morgan fingerprint density at radius 2 is 1.75 bits per heavy atom. The van der Waals surface area contributed by atoms with Gasteiger partial charge < -0.3 is 19.7 Å². The maximum atomic E-state index is 5.62. The summed E-state index contributed by atoms with van der Waals surface area (Å²) in [6, 6.07) is 10.7. The molecule has 0 fully saturated rings. The number of aromatic nitrogens is 1. The molecule has 5 nitrogen and oxygen atoms in total. The average Bonchev–Trinajstić information content (AvgIpc) is 2.61. The summed E-state index contributed by atoms with van der Waals surface area (Å²) in [6.45, 7) is 7.12. The van der Waals surface area contributed by atoms with Gasteiger partial charge in [-0.1, -0.05) is 12.1 Å². The molecule has 1 aliphatic rings. The molecule has 5 heteroatoms. The zero-order valence-electron chi connectivity index (χ0n) is 14.6. The van der Waals surface area contributed by atoms with Crippen LogP contribution in [0.25, 0.3) is 0 Å². The normalized spacial score (nSPS) is 13.2. The summed E-state index contributed by atoms with van der Waals surface area (Å²) in [5, 5.41) is 3.45. The van der Waals surface area contributed by atoms with E-state index < -0.39 is 0 Å². The number of pyridine rings is 1. The highest BCUT2D eigenvalue weighted by Crippen LogP contribution is 2.30.